The monoisotopic (exact) mass is 196 g/mol. The van der Waals surface area contributed by atoms with E-state index < -0.39 is 10.8 Å². The molecule has 6 nitrogen and oxygen atoms in total. The van der Waals surface area contributed by atoms with Gasteiger partial charge in [0.25, 0.3) is 0 Å². The normalized spacial score (nSPS) is 9.50. The van der Waals surface area contributed by atoms with E-state index in [-0.39, 0.29) is 11.3 Å². The van der Waals surface area contributed by atoms with Crippen molar-refractivity contribution in [3.63, 3.8) is 0 Å². The summed E-state index contributed by atoms with van der Waals surface area (Å²) in [5.74, 6) is -0.930. The summed E-state index contributed by atoms with van der Waals surface area (Å²) < 4.78 is 4.82. The molecule has 0 heterocycles. The average Bonchev–Trinajstić information content (AvgIpc) is 2.17. The van der Waals surface area contributed by atoms with E-state index in [4.69, 9.17) is 10.5 Å². The number of nitrogen functional groups attached to an aromatic ring is 1. The van der Waals surface area contributed by atoms with Crippen LogP contribution in [0.1, 0.15) is 10.4 Å². The lowest BCUT2D eigenvalue weighted by atomic mass is 10.2. The number of hydrogen-bond donors (Lipinski definition) is 1. The Bertz CT molecular complexity index is 389. The third-order valence-electron chi connectivity index (χ3n) is 1.65. The van der Waals surface area contributed by atoms with E-state index in [0.717, 1.165) is 0 Å². The van der Waals surface area contributed by atoms with Crippen molar-refractivity contribution >= 4 is 11.6 Å². The van der Waals surface area contributed by atoms with Crippen LogP contribution in [0.3, 0.4) is 0 Å². The standard InChI is InChI=1S/C8H8N2O4/c1-14-7-4-5(2-3-6(7)9)8(11)10(12)13/h2-4H,9H2,1H3. The van der Waals surface area contributed by atoms with Gasteiger partial charge in [0.05, 0.1) is 12.8 Å². The molecule has 1 amide bonds. The number of carbonyl (C=O) groups excluding carboxylic acids is 1. The number of amides is 1. The molecule has 1 aromatic carbocycles. The highest BCUT2D eigenvalue weighted by atomic mass is 16.6. The van der Waals surface area contributed by atoms with Crippen LogP contribution in [-0.2, 0) is 0 Å². The van der Waals surface area contributed by atoms with Gasteiger partial charge in [0.15, 0.2) is 0 Å². The highest BCUT2D eigenvalue weighted by molar-refractivity contribution is 5.89. The summed E-state index contributed by atoms with van der Waals surface area (Å²) in [6, 6.07) is 3.90. The molecule has 0 atom stereocenters. The van der Waals surface area contributed by atoms with Gasteiger partial charge in [-0.3, -0.25) is 10.1 Å². The first-order valence-electron chi connectivity index (χ1n) is 3.68. The number of nitrogens with zero attached hydrogens (tertiary/aromatic N) is 1. The largest absolute Gasteiger partial charge is 0.495 e. The van der Waals surface area contributed by atoms with Gasteiger partial charge in [-0.05, 0) is 12.1 Å². The zero-order valence-corrected chi connectivity index (χ0v) is 7.39. The lowest BCUT2D eigenvalue weighted by Crippen LogP contribution is -2.11. The van der Waals surface area contributed by atoms with Crippen molar-refractivity contribution in [2.24, 2.45) is 0 Å². The van der Waals surface area contributed by atoms with Gasteiger partial charge in [-0.25, -0.2) is 4.79 Å². The van der Waals surface area contributed by atoms with E-state index in [2.05, 4.69) is 0 Å². The number of rotatable bonds is 2. The van der Waals surface area contributed by atoms with Crippen LogP contribution in [0.15, 0.2) is 18.2 Å². The third-order valence-corrected chi connectivity index (χ3v) is 1.65. The molecule has 0 saturated carbocycles. The minimum Gasteiger partial charge on any atom is -0.495 e. The fraction of sp³-hybridized carbons (Fsp3) is 0.125. The molecule has 74 valence electrons. The molecular formula is C8H8N2O4. The smallest absolute Gasteiger partial charge is 0.476 e. The van der Waals surface area contributed by atoms with E-state index in [1.807, 2.05) is 0 Å². The third kappa shape index (κ3) is 1.79. The molecule has 0 unspecified atom stereocenters. The number of anilines is 1. The number of carbonyl (C=O) groups is 1. The first-order chi connectivity index (χ1) is 6.56. The Balaban J connectivity index is 3.12. The molecule has 0 bridgehead atoms. The molecule has 6 heteroatoms. The summed E-state index contributed by atoms with van der Waals surface area (Å²) in [6.07, 6.45) is 0. The summed E-state index contributed by atoms with van der Waals surface area (Å²) in [6.45, 7) is 0. The van der Waals surface area contributed by atoms with Crippen LogP contribution in [0.4, 0.5) is 5.69 Å². The Morgan fingerprint density at radius 3 is 2.71 bits per heavy atom. The fourth-order valence-electron chi connectivity index (χ4n) is 0.950. The van der Waals surface area contributed by atoms with Gasteiger partial charge < -0.3 is 10.5 Å². The van der Waals surface area contributed by atoms with Crippen molar-refractivity contribution in [1.82, 2.24) is 0 Å². The number of methoxy groups -OCH3 is 1. The lowest BCUT2D eigenvalue weighted by molar-refractivity contribution is -0.375. The Morgan fingerprint density at radius 1 is 1.57 bits per heavy atom. The second kappa shape index (κ2) is 3.73. The number of benzene rings is 1. The van der Waals surface area contributed by atoms with Gasteiger partial charge in [0.1, 0.15) is 16.2 Å². The fourth-order valence-corrected chi connectivity index (χ4v) is 0.950. The van der Waals surface area contributed by atoms with Crippen molar-refractivity contribution in [3.05, 3.63) is 33.9 Å². The van der Waals surface area contributed by atoms with Crippen LogP contribution >= 0.6 is 0 Å². The molecule has 0 aliphatic rings. The molecular weight excluding hydrogens is 188 g/mol. The van der Waals surface area contributed by atoms with E-state index in [0.29, 0.717) is 5.69 Å². The van der Waals surface area contributed by atoms with Crippen molar-refractivity contribution in [3.8, 4) is 5.75 Å². The SMILES string of the molecule is COc1cc(C(=O)[N+](=O)[O-])ccc1N. The molecule has 0 aliphatic carbocycles. The molecule has 0 radical (unpaired) electrons. The summed E-state index contributed by atoms with van der Waals surface area (Å²) in [4.78, 5) is 20.1. The molecule has 1 aromatic rings. The van der Waals surface area contributed by atoms with Crippen molar-refractivity contribution in [1.29, 1.82) is 0 Å². The molecule has 14 heavy (non-hydrogen) atoms. The summed E-state index contributed by atoms with van der Waals surface area (Å²) in [7, 11) is 1.37. The summed E-state index contributed by atoms with van der Waals surface area (Å²) in [5, 5.41) is 10.2. The van der Waals surface area contributed by atoms with E-state index in [9.17, 15) is 14.9 Å². The maximum atomic E-state index is 10.9. The zero-order valence-electron chi connectivity index (χ0n) is 7.39. The van der Waals surface area contributed by atoms with Gasteiger partial charge in [-0.2, -0.15) is 0 Å². The second-order valence-corrected chi connectivity index (χ2v) is 2.52. The molecule has 0 aliphatic heterocycles. The first-order valence-corrected chi connectivity index (χ1v) is 3.68. The molecule has 0 aromatic heterocycles. The van der Waals surface area contributed by atoms with Crippen LogP contribution < -0.4 is 10.5 Å². The quantitative estimate of drug-likeness (QED) is 0.426. The Kier molecular flexibility index (Phi) is 2.66. The van der Waals surface area contributed by atoms with E-state index >= 15 is 0 Å². The minimum atomic E-state index is -1.18. The molecule has 0 spiro atoms. The average molecular weight is 196 g/mol. The highest BCUT2D eigenvalue weighted by Gasteiger charge is 2.19. The maximum Gasteiger partial charge on any atom is 0.476 e. The van der Waals surface area contributed by atoms with Crippen LogP contribution in [0.25, 0.3) is 0 Å². The van der Waals surface area contributed by atoms with Gasteiger partial charge in [-0.1, -0.05) is 0 Å². The minimum absolute atomic E-state index is 0.0546. The number of nitro groups is 1. The van der Waals surface area contributed by atoms with Gasteiger partial charge in [-0.15, -0.1) is 0 Å². The van der Waals surface area contributed by atoms with Gasteiger partial charge in [0, 0.05) is 6.07 Å². The lowest BCUT2D eigenvalue weighted by Gasteiger charge is -2.03. The first kappa shape index (κ1) is 9.97. The molecule has 1 rings (SSSR count). The van der Waals surface area contributed by atoms with Crippen molar-refractivity contribution in [2.45, 2.75) is 0 Å². The van der Waals surface area contributed by atoms with Crippen LogP contribution in [0.5, 0.6) is 5.75 Å². The number of hydrogen-bond acceptors (Lipinski definition) is 5. The Labute approximate surface area is 79.4 Å². The summed E-state index contributed by atoms with van der Waals surface area (Å²) >= 11 is 0. The Hall–Kier alpha value is -2.11. The second-order valence-electron chi connectivity index (χ2n) is 2.52. The number of ether oxygens (including phenoxy) is 1. The van der Waals surface area contributed by atoms with E-state index in [1.54, 1.807) is 0 Å². The van der Waals surface area contributed by atoms with Crippen molar-refractivity contribution < 1.29 is 14.5 Å². The number of nitrogens with two attached hydrogens (primary N) is 1. The molecule has 0 fully saturated rings. The predicted molar refractivity (Wildman–Crippen MR) is 48.7 cm³/mol. The maximum absolute atomic E-state index is 10.9. The highest BCUT2D eigenvalue weighted by Crippen LogP contribution is 2.22. The van der Waals surface area contributed by atoms with Gasteiger partial charge >= 0.3 is 5.91 Å². The zero-order chi connectivity index (χ0) is 10.7. The molecule has 0 saturated heterocycles. The van der Waals surface area contributed by atoms with Crippen molar-refractivity contribution in [2.75, 3.05) is 12.8 Å². The summed E-state index contributed by atoms with van der Waals surface area (Å²) in [5.41, 5.74) is 5.74. The Morgan fingerprint density at radius 2 is 2.21 bits per heavy atom. The molecule has 2 N–H and O–H groups in total. The van der Waals surface area contributed by atoms with Gasteiger partial charge in [0.2, 0.25) is 0 Å². The predicted octanol–water partition coefficient (Wildman–Crippen LogP) is 0.694. The van der Waals surface area contributed by atoms with Crippen LogP contribution in [0, 0.1) is 10.1 Å². The van der Waals surface area contributed by atoms with E-state index in [1.165, 1.54) is 25.3 Å². The van der Waals surface area contributed by atoms with Crippen LogP contribution in [0.2, 0.25) is 0 Å². The van der Waals surface area contributed by atoms with Crippen LogP contribution in [-0.4, -0.2) is 17.9 Å². The topological polar surface area (TPSA) is 95.5 Å².